The largest absolute Gasteiger partial charge is 0.486 e. The molecule has 7 heteroatoms. The minimum Gasteiger partial charge on any atom is -0.486 e. The number of benzene rings is 2. The quantitative estimate of drug-likeness (QED) is 0.568. The third kappa shape index (κ3) is 3.79. The van der Waals surface area contributed by atoms with Crippen LogP contribution >= 0.6 is 0 Å². The van der Waals surface area contributed by atoms with E-state index in [1.165, 1.54) is 11.1 Å². The second kappa shape index (κ2) is 8.56. The fourth-order valence-electron chi connectivity index (χ4n) is 5.33. The molecule has 0 fully saturated rings. The average Bonchev–Trinajstić information content (AvgIpc) is 3.30. The fraction of sp³-hybridized carbons (Fsp3) is 0.393. The number of allylic oxidation sites excluding steroid dienone is 2. The van der Waals surface area contributed by atoms with Gasteiger partial charge in [0.25, 0.3) is 0 Å². The molecule has 1 aliphatic carbocycles. The summed E-state index contributed by atoms with van der Waals surface area (Å²) < 4.78 is 13.4. The number of Topliss-reactive ketones (excluding diaryl/α,β-unsaturated/α-hetero) is 1. The van der Waals surface area contributed by atoms with Crippen molar-refractivity contribution in [2.75, 3.05) is 18.5 Å². The third-order valence-electron chi connectivity index (χ3n) is 7.24. The Morgan fingerprint density at radius 1 is 1.03 bits per heavy atom. The number of aryl methyl sites for hydroxylation is 1. The summed E-state index contributed by atoms with van der Waals surface area (Å²) in [7, 11) is 0. The SMILES string of the molecule is CCc1nc2n(n1)C(c1ccc3c(c1)OCCO3)C1=C(CC(c3ccc(C(C)C)cc3)CC1=O)N2. The van der Waals surface area contributed by atoms with Crippen molar-refractivity contribution in [2.24, 2.45) is 0 Å². The van der Waals surface area contributed by atoms with Crippen molar-refractivity contribution in [3.8, 4) is 11.5 Å². The molecular weight excluding hydrogens is 440 g/mol. The molecule has 1 N–H and O–H groups in total. The molecule has 3 heterocycles. The second-order valence-electron chi connectivity index (χ2n) is 9.82. The van der Waals surface area contributed by atoms with Gasteiger partial charge in [0.15, 0.2) is 23.1 Å². The van der Waals surface area contributed by atoms with E-state index in [1.807, 2.05) is 29.8 Å². The Balaban J connectivity index is 1.41. The number of nitrogens with zero attached hydrogens (tertiary/aromatic N) is 3. The summed E-state index contributed by atoms with van der Waals surface area (Å²) >= 11 is 0. The highest BCUT2D eigenvalue weighted by Crippen LogP contribution is 2.45. The van der Waals surface area contributed by atoms with Crippen LogP contribution in [0.3, 0.4) is 0 Å². The minimum atomic E-state index is -0.346. The predicted octanol–water partition coefficient (Wildman–Crippen LogP) is 5.15. The maximum atomic E-state index is 13.7. The fourth-order valence-corrected chi connectivity index (χ4v) is 5.33. The number of ether oxygens (including phenoxy) is 2. The Morgan fingerprint density at radius 2 is 1.77 bits per heavy atom. The van der Waals surface area contributed by atoms with Crippen LogP contribution in [0.5, 0.6) is 11.5 Å². The molecule has 0 saturated heterocycles. The van der Waals surface area contributed by atoms with Crippen LogP contribution in [0.1, 0.15) is 74.0 Å². The van der Waals surface area contributed by atoms with Gasteiger partial charge in [0.05, 0.1) is 0 Å². The standard InChI is InChI=1S/C28H30N4O3/c1-4-25-30-28-29-21-13-20(18-7-5-17(6-8-18)16(2)3)14-22(33)26(21)27(32(28)31-25)19-9-10-23-24(15-19)35-12-11-34-23/h5-10,15-16,20,27H,4,11-14H2,1-3H3,(H,29,30,31). The van der Waals surface area contributed by atoms with E-state index in [0.29, 0.717) is 37.3 Å². The van der Waals surface area contributed by atoms with Gasteiger partial charge in [0.1, 0.15) is 19.3 Å². The average molecular weight is 471 g/mol. The van der Waals surface area contributed by atoms with Gasteiger partial charge in [-0.2, -0.15) is 10.1 Å². The van der Waals surface area contributed by atoms with Crippen LogP contribution in [-0.2, 0) is 11.2 Å². The lowest BCUT2D eigenvalue weighted by atomic mass is 9.77. The van der Waals surface area contributed by atoms with Crippen molar-refractivity contribution in [1.82, 2.24) is 14.8 Å². The van der Waals surface area contributed by atoms with Crippen LogP contribution in [0.25, 0.3) is 0 Å². The maximum Gasteiger partial charge on any atom is 0.226 e. The monoisotopic (exact) mass is 470 g/mol. The number of nitrogens with one attached hydrogen (secondary N) is 1. The first-order chi connectivity index (χ1) is 17.0. The highest BCUT2D eigenvalue weighted by Gasteiger charge is 2.40. The summed E-state index contributed by atoms with van der Waals surface area (Å²) in [5.41, 5.74) is 5.18. The van der Waals surface area contributed by atoms with E-state index in [2.05, 4.69) is 43.4 Å². The predicted molar refractivity (Wildman–Crippen MR) is 133 cm³/mol. The summed E-state index contributed by atoms with van der Waals surface area (Å²) in [4.78, 5) is 18.4. The van der Waals surface area contributed by atoms with Gasteiger partial charge in [-0.15, -0.1) is 0 Å². The topological polar surface area (TPSA) is 78.3 Å². The zero-order valence-corrected chi connectivity index (χ0v) is 20.4. The number of rotatable bonds is 4. The van der Waals surface area contributed by atoms with Gasteiger partial charge in [0.2, 0.25) is 5.95 Å². The summed E-state index contributed by atoms with van der Waals surface area (Å²) in [6.07, 6.45) is 1.96. The lowest BCUT2D eigenvalue weighted by Crippen LogP contribution is -2.33. The molecule has 0 radical (unpaired) electrons. The highest BCUT2D eigenvalue weighted by atomic mass is 16.6. The molecule has 0 amide bonds. The van der Waals surface area contributed by atoms with Crippen LogP contribution in [0, 0.1) is 0 Å². The van der Waals surface area contributed by atoms with Crippen LogP contribution in [0.2, 0.25) is 0 Å². The Morgan fingerprint density at radius 3 is 2.51 bits per heavy atom. The summed E-state index contributed by atoms with van der Waals surface area (Å²) in [6.45, 7) is 7.49. The Hall–Kier alpha value is -3.61. The maximum absolute atomic E-state index is 13.7. The first-order valence-electron chi connectivity index (χ1n) is 12.5. The number of aromatic nitrogens is 3. The van der Waals surface area contributed by atoms with Crippen LogP contribution in [0.4, 0.5) is 5.95 Å². The number of anilines is 1. The molecule has 2 aromatic carbocycles. The summed E-state index contributed by atoms with van der Waals surface area (Å²) in [6, 6.07) is 14.3. The van der Waals surface area contributed by atoms with Gasteiger partial charge in [-0.3, -0.25) is 4.79 Å². The van der Waals surface area contributed by atoms with Crippen molar-refractivity contribution in [3.63, 3.8) is 0 Å². The van der Waals surface area contributed by atoms with Crippen molar-refractivity contribution in [3.05, 3.63) is 76.2 Å². The van der Waals surface area contributed by atoms with E-state index in [0.717, 1.165) is 41.2 Å². The van der Waals surface area contributed by atoms with E-state index in [4.69, 9.17) is 19.6 Å². The first kappa shape index (κ1) is 21.9. The number of ketones is 1. The molecule has 2 aliphatic heterocycles. The normalized spacial score (nSPS) is 21.0. The number of fused-ring (bicyclic) bond motifs is 2. The minimum absolute atomic E-state index is 0.135. The van der Waals surface area contributed by atoms with Crippen molar-refractivity contribution in [1.29, 1.82) is 0 Å². The molecule has 6 rings (SSSR count). The van der Waals surface area contributed by atoms with Gasteiger partial charge in [-0.05, 0) is 47.1 Å². The molecule has 2 atom stereocenters. The van der Waals surface area contributed by atoms with Crippen molar-refractivity contribution < 1.29 is 14.3 Å². The number of hydrogen-bond donors (Lipinski definition) is 1. The highest BCUT2D eigenvalue weighted by molar-refractivity contribution is 6.00. The first-order valence-corrected chi connectivity index (χ1v) is 12.5. The van der Waals surface area contributed by atoms with Crippen molar-refractivity contribution in [2.45, 2.75) is 57.9 Å². The zero-order valence-electron chi connectivity index (χ0n) is 20.4. The van der Waals surface area contributed by atoms with Gasteiger partial charge in [-0.1, -0.05) is 51.1 Å². The van der Waals surface area contributed by atoms with Crippen LogP contribution < -0.4 is 14.8 Å². The van der Waals surface area contributed by atoms with E-state index in [9.17, 15) is 4.79 Å². The van der Waals surface area contributed by atoms with E-state index < -0.39 is 0 Å². The molecule has 0 saturated carbocycles. The van der Waals surface area contributed by atoms with E-state index in [-0.39, 0.29) is 17.7 Å². The Bertz CT molecular complexity index is 1320. The van der Waals surface area contributed by atoms with Gasteiger partial charge >= 0.3 is 0 Å². The molecule has 1 aromatic heterocycles. The van der Waals surface area contributed by atoms with Crippen molar-refractivity contribution >= 4 is 11.7 Å². The number of carbonyl (C=O) groups excluding carboxylic acids is 1. The van der Waals surface area contributed by atoms with E-state index in [1.54, 1.807) is 0 Å². The van der Waals surface area contributed by atoms with E-state index >= 15 is 0 Å². The number of hydrogen-bond acceptors (Lipinski definition) is 6. The lowest BCUT2D eigenvalue weighted by Gasteiger charge is -2.35. The molecule has 2 unspecified atom stereocenters. The smallest absolute Gasteiger partial charge is 0.226 e. The summed E-state index contributed by atoms with van der Waals surface area (Å²) in [5, 5.41) is 8.22. The van der Waals surface area contributed by atoms with Crippen LogP contribution in [0.15, 0.2) is 53.7 Å². The molecule has 7 nitrogen and oxygen atoms in total. The number of carbonyl (C=O) groups is 1. The molecule has 3 aromatic rings. The molecule has 180 valence electrons. The van der Waals surface area contributed by atoms with Crippen LogP contribution in [-0.4, -0.2) is 33.8 Å². The molecule has 0 spiro atoms. The van der Waals surface area contributed by atoms with Gasteiger partial charge in [-0.25, -0.2) is 4.68 Å². The Labute approximate surface area is 205 Å². The third-order valence-corrected chi connectivity index (χ3v) is 7.24. The zero-order chi connectivity index (χ0) is 24.1. The molecule has 35 heavy (non-hydrogen) atoms. The summed E-state index contributed by atoms with van der Waals surface area (Å²) in [5.74, 6) is 3.64. The molecular formula is C28H30N4O3. The second-order valence-corrected chi connectivity index (χ2v) is 9.82. The molecule has 3 aliphatic rings. The van der Waals surface area contributed by atoms with Gasteiger partial charge < -0.3 is 14.8 Å². The molecule has 0 bridgehead atoms. The Kier molecular flexibility index (Phi) is 5.35. The lowest BCUT2D eigenvalue weighted by molar-refractivity contribution is -0.116. The van der Waals surface area contributed by atoms with Gasteiger partial charge in [0, 0.05) is 24.1 Å².